The van der Waals surface area contributed by atoms with Crippen molar-refractivity contribution in [1.82, 2.24) is 4.72 Å². The van der Waals surface area contributed by atoms with Crippen LogP contribution in [-0.4, -0.2) is 8.42 Å². The summed E-state index contributed by atoms with van der Waals surface area (Å²) in [5, 5.41) is 0.558. The Morgan fingerprint density at radius 2 is 1.65 bits per heavy atom. The zero-order valence-corrected chi connectivity index (χ0v) is 12.7. The van der Waals surface area contributed by atoms with E-state index in [1.165, 1.54) is 0 Å². The molecule has 0 saturated carbocycles. The molecule has 0 fully saturated rings. The van der Waals surface area contributed by atoms with Crippen molar-refractivity contribution < 1.29 is 8.42 Å². The first-order valence-corrected chi connectivity index (χ1v) is 8.29. The van der Waals surface area contributed by atoms with Crippen LogP contribution in [0.25, 0.3) is 0 Å². The van der Waals surface area contributed by atoms with Crippen LogP contribution in [0.2, 0.25) is 5.02 Å². The molecule has 1 unspecified atom stereocenters. The molecule has 20 heavy (non-hydrogen) atoms. The summed E-state index contributed by atoms with van der Waals surface area (Å²) < 4.78 is 26.9. The van der Waals surface area contributed by atoms with E-state index in [1.807, 2.05) is 36.4 Å². The SMILES string of the molecule is CC(NS(=O)(=O)Cc1ccccc1)c1ccccc1Cl. The Bertz CT molecular complexity index is 671. The Morgan fingerprint density at radius 1 is 1.05 bits per heavy atom. The molecule has 0 heterocycles. The summed E-state index contributed by atoms with van der Waals surface area (Å²) in [5.41, 5.74) is 1.53. The van der Waals surface area contributed by atoms with Gasteiger partial charge in [-0.1, -0.05) is 60.1 Å². The molecule has 1 N–H and O–H groups in total. The molecule has 2 aromatic rings. The molecular formula is C15H16ClNO2S. The topological polar surface area (TPSA) is 46.2 Å². The highest BCUT2D eigenvalue weighted by molar-refractivity contribution is 7.88. The Hall–Kier alpha value is -1.36. The van der Waals surface area contributed by atoms with Crippen molar-refractivity contribution >= 4 is 21.6 Å². The molecule has 0 saturated heterocycles. The highest BCUT2D eigenvalue weighted by Gasteiger charge is 2.17. The van der Waals surface area contributed by atoms with Crippen LogP contribution in [0.1, 0.15) is 24.1 Å². The molecule has 2 aromatic carbocycles. The Balaban J connectivity index is 2.11. The fourth-order valence-corrected chi connectivity index (χ4v) is 3.67. The summed E-state index contributed by atoms with van der Waals surface area (Å²) in [6.45, 7) is 1.78. The van der Waals surface area contributed by atoms with Crippen molar-refractivity contribution in [2.45, 2.75) is 18.7 Å². The number of rotatable bonds is 5. The molecule has 0 aliphatic heterocycles. The first kappa shape index (κ1) is 15.0. The number of sulfonamides is 1. The van der Waals surface area contributed by atoms with Crippen LogP contribution in [0, 0.1) is 0 Å². The van der Waals surface area contributed by atoms with Crippen LogP contribution in [0.5, 0.6) is 0 Å². The van der Waals surface area contributed by atoms with Crippen LogP contribution >= 0.6 is 11.6 Å². The van der Waals surface area contributed by atoms with E-state index in [-0.39, 0.29) is 11.8 Å². The van der Waals surface area contributed by atoms with Gasteiger partial charge in [0, 0.05) is 11.1 Å². The summed E-state index contributed by atoms with van der Waals surface area (Å²) in [5.74, 6) is -0.0391. The highest BCUT2D eigenvalue weighted by Crippen LogP contribution is 2.23. The summed E-state index contributed by atoms with van der Waals surface area (Å²) in [7, 11) is -3.41. The third-order valence-electron chi connectivity index (χ3n) is 2.93. The minimum absolute atomic E-state index is 0.0391. The van der Waals surface area contributed by atoms with Gasteiger partial charge in [0.2, 0.25) is 10.0 Å². The molecule has 2 rings (SSSR count). The molecule has 1 atom stereocenters. The molecule has 106 valence electrons. The van der Waals surface area contributed by atoms with Gasteiger partial charge in [0.25, 0.3) is 0 Å². The van der Waals surface area contributed by atoms with Gasteiger partial charge in [0.15, 0.2) is 0 Å². The Kier molecular flexibility index (Phi) is 4.81. The summed E-state index contributed by atoms with van der Waals surface area (Å²) >= 11 is 6.07. The predicted octanol–water partition coefficient (Wildman–Crippen LogP) is 3.52. The maximum Gasteiger partial charge on any atom is 0.216 e. The molecule has 0 aliphatic rings. The minimum Gasteiger partial charge on any atom is -0.212 e. The lowest BCUT2D eigenvalue weighted by atomic mass is 10.1. The standard InChI is InChI=1S/C15H16ClNO2S/c1-12(14-9-5-6-10-15(14)16)17-20(18,19)11-13-7-3-2-4-8-13/h2-10,12,17H,11H2,1H3. The second-order valence-electron chi connectivity index (χ2n) is 4.61. The number of hydrogen-bond acceptors (Lipinski definition) is 2. The van der Waals surface area contributed by atoms with Crippen LogP contribution < -0.4 is 4.72 Å². The largest absolute Gasteiger partial charge is 0.216 e. The van der Waals surface area contributed by atoms with Gasteiger partial charge in [0.1, 0.15) is 0 Å². The van der Waals surface area contributed by atoms with Crippen LogP contribution in [0.4, 0.5) is 0 Å². The maximum atomic E-state index is 12.1. The van der Waals surface area contributed by atoms with E-state index in [0.29, 0.717) is 5.02 Å². The first-order valence-electron chi connectivity index (χ1n) is 6.26. The van der Waals surface area contributed by atoms with Gasteiger partial charge in [-0.3, -0.25) is 0 Å². The highest BCUT2D eigenvalue weighted by atomic mass is 35.5. The first-order chi connectivity index (χ1) is 9.48. The van der Waals surface area contributed by atoms with E-state index in [4.69, 9.17) is 11.6 Å². The third kappa shape index (κ3) is 4.07. The van der Waals surface area contributed by atoms with Crippen molar-refractivity contribution in [1.29, 1.82) is 0 Å². The normalized spacial score (nSPS) is 13.1. The second kappa shape index (κ2) is 6.39. The number of hydrogen-bond donors (Lipinski definition) is 1. The lowest BCUT2D eigenvalue weighted by Gasteiger charge is -2.16. The molecule has 0 aromatic heterocycles. The van der Waals surface area contributed by atoms with Gasteiger partial charge in [-0.25, -0.2) is 13.1 Å². The molecule has 5 heteroatoms. The number of nitrogens with one attached hydrogen (secondary N) is 1. The lowest BCUT2D eigenvalue weighted by molar-refractivity contribution is 0.566. The van der Waals surface area contributed by atoms with Gasteiger partial charge in [-0.15, -0.1) is 0 Å². The van der Waals surface area contributed by atoms with Crippen molar-refractivity contribution in [2.75, 3.05) is 0 Å². The van der Waals surface area contributed by atoms with Crippen LogP contribution in [0.3, 0.4) is 0 Å². The molecule has 0 bridgehead atoms. The lowest BCUT2D eigenvalue weighted by Crippen LogP contribution is -2.28. The third-order valence-corrected chi connectivity index (χ3v) is 4.70. The number of halogens is 1. The smallest absolute Gasteiger partial charge is 0.212 e. The van der Waals surface area contributed by atoms with E-state index in [0.717, 1.165) is 11.1 Å². The maximum absolute atomic E-state index is 12.1. The molecule has 0 spiro atoms. The van der Waals surface area contributed by atoms with Crippen molar-refractivity contribution in [3.05, 3.63) is 70.7 Å². The van der Waals surface area contributed by atoms with Crippen molar-refractivity contribution in [3.8, 4) is 0 Å². The van der Waals surface area contributed by atoms with E-state index >= 15 is 0 Å². The average molecular weight is 310 g/mol. The van der Waals surface area contributed by atoms with Gasteiger partial charge in [-0.05, 0) is 24.1 Å². The zero-order valence-electron chi connectivity index (χ0n) is 11.1. The fraction of sp³-hybridized carbons (Fsp3) is 0.200. The quantitative estimate of drug-likeness (QED) is 0.918. The van der Waals surface area contributed by atoms with Crippen LogP contribution in [0.15, 0.2) is 54.6 Å². The molecule has 0 amide bonds. The van der Waals surface area contributed by atoms with Gasteiger partial charge < -0.3 is 0 Å². The van der Waals surface area contributed by atoms with E-state index < -0.39 is 10.0 Å². The predicted molar refractivity (Wildman–Crippen MR) is 82.1 cm³/mol. The van der Waals surface area contributed by atoms with Crippen molar-refractivity contribution in [2.24, 2.45) is 0 Å². The summed E-state index contributed by atoms with van der Waals surface area (Å²) in [6.07, 6.45) is 0. The monoisotopic (exact) mass is 309 g/mol. The Morgan fingerprint density at radius 3 is 2.30 bits per heavy atom. The Labute approximate surface area is 124 Å². The van der Waals surface area contributed by atoms with Gasteiger partial charge in [0.05, 0.1) is 5.75 Å². The minimum atomic E-state index is -3.41. The van der Waals surface area contributed by atoms with E-state index in [2.05, 4.69) is 4.72 Å². The summed E-state index contributed by atoms with van der Waals surface area (Å²) in [6, 6.07) is 15.9. The molecule has 0 radical (unpaired) electrons. The fourth-order valence-electron chi connectivity index (χ4n) is 1.99. The van der Waals surface area contributed by atoms with Crippen molar-refractivity contribution in [3.63, 3.8) is 0 Å². The second-order valence-corrected chi connectivity index (χ2v) is 6.77. The molecule has 3 nitrogen and oxygen atoms in total. The van der Waals surface area contributed by atoms with Crippen LogP contribution in [-0.2, 0) is 15.8 Å². The summed E-state index contributed by atoms with van der Waals surface area (Å²) in [4.78, 5) is 0. The van der Waals surface area contributed by atoms with Gasteiger partial charge >= 0.3 is 0 Å². The molecular weight excluding hydrogens is 294 g/mol. The zero-order chi connectivity index (χ0) is 14.6. The number of benzene rings is 2. The average Bonchev–Trinajstić information content (AvgIpc) is 2.39. The van der Waals surface area contributed by atoms with E-state index in [9.17, 15) is 8.42 Å². The van der Waals surface area contributed by atoms with E-state index in [1.54, 1.807) is 25.1 Å². The molecule has 0 aliphatic carbocycles. The van der Waals surface area contributed by atoms with Gasteiger partial charge in [-0.2, -0.15) is 0 Å².